The quantitative estimate of drug-likeness (QED) is 0.890. The van der Waals surface area contributed by atoms with Crippen LogP contribution in [0.2, 0.25) is 0 Å². The lowest BCUT2D eigenvalue weighted by atomic mass is 10.00. The van der Waals surface area contributed by atoms with Gasteiger partial charge in [-0.1, -0.05) is 12.1 Å². The highest BCUT2D eigenvalue weighted by Gasteiger charge is 2.41. The van der Waals surface area contributed by atoms with E-state index in [4.69, 9.17) is 10.5 Å². The Hall–Kier alpha value is -1.55. The van der Waals surface area contributed by atoms with Gasteiger partial charge in [-0.3, -0.25) is 4.90 Å². The van der Waals surface area contributed by atoms with Crippen molar-refractivity contribution in [2.24, 2.45) is 5.73 Å². The van der Waals surface area contributed by atoms with Gasteiger partial charge in [0.05, 0.1) is 6.54 Å². The van der Waals surface area contributed by atoms with Crippen LogP contribution in [0, 0.1) is 6.92 Å². The van der Waals surface area contributed by atoms with Crippen LogP contribution in [0.3, 0.4) is 0 Å². The molecule has 18 heavy (non-hydrogen) atoms. The molecule has 1 fully saturated rings. The minimum absolute atomic E-state index is 0.264. The Bertz CT molecular complexity index is 447. The Labute approximate surface area is 108 Å². The van der Waals surface area contributed by atoms with Gasteiger partial charge in [-0.15, -0.1) is 0 Å². The molecule has 1 saturated heterocycles. The highest BCUT2D eigenvalue weighted by atomic mass is 16.6. The molecule has 1 heterocycles. The molecule has 2 rings (SSSR count). The van der Waals surface area contributed by atoms with Gasteiger partial charge in [-0.25, -0.2) is 4.79 Å². The van der Waals surface area contributed by atoms with E-state index in [9.17, 15) is 4.79 Å². The van der Waals surface area contributed by atoms with Crippen molar-refractivity contribution in [2.45, 2.75) is 32.3 Å². The first kappa shape index (κ1) is 12.9. The summed E-state index contributed by atoms with van der Waals surface area (Å²) in [5, 5.41) is 0. The molecule has 1 aromatic rings. The highest BCUT2D eigenvalue weighted by molar-refractivity contribution is 5.90. The van der Waals surface area contributed by atoms with E-state index in [2.05, 4.69) is 0 Å². The number of amides is 1. The van der Waals surface area contributed by atoms with Crippen LogP contribution >= 0.6 is 0 Å². The second-order valence-electron chi connectivity index (χ2n) is 5.14. The number of cyclic esters (lactones) is 1. The van der Waals surface area contributed by atoms with Crippen molar-refractivity contribution in [2.75, 3.05) is 18.0 Å². The van der Waals surface area contributed by atoms with Crippen LogP contribution in [0.1, 0.15) is 25.3 Å². The molecule has 0 aromatic heterocycles. The summed E-state index contributed by atoms with van der Waals surface area (Å²) in [5.41, 5.74) is 7.13. The van der Waals surface area contributed by atoms with E-state index in [0.29, 0.717) is 13.1 Å². The van der Waals surface area contributed by atoms with Crippen LogP contribution in [-0.4, -0.2) is 24.8 Å². The summed E-state index contributed by atoms with van der Waals surface area (Å²) < 4.78 is 5.49. The van der Waals surface area contributed by atoms with Gasteiger partial charge < -0.3 is 10.5 Å². The minimum Gasteiger partial charge on any atom is -0.441 e. The van der Waals surface area contributed by atoms with Crippen molar-refractivity contribution in [3.05, 3.63) is 29.8 Å². The summed E-state index contributed by atoms with van der Waals surface area (Å²) in [7, 11) is 0. The lowest BCUT2D eigenvalue weighted by Gasteiger charge is -2.21. The Morgan fingerprint density at radius 3 is 2.94 bits per heavy atom. The first-order chi connectivity index (χ1) is 8.54. The molecule has 0 spiro atoms. The molecule has 1 unspecified atom stereocenters. The normalized spacial score (nSPS) is 23.3. The molecule has 4 heteroatoms. The van der Waals surface area contributed by atoms with E-state index in [1.54, 1.807) is 4.90 Å². The van der Waals surface area contributed by atoms with E-state index >= 15 is 0 Å². The zero-order valence-electron chi connectivity index (χ0n) is 11.0. The molecule has 1 aliphatic heterocycles. The molecule has 98 valence electrons. The second kappa shape index (κ2) is 4.98. The minimum atomic E-state index is -0.416. The number of nitrogens with zero attached hydrogens (tertiary/aromatic N) is 1. The largest absolute Gasteiger partial charge is 0.441 e. The van der Waals surface area contributed by atoms with E-state index in [1.165, 1.54) is 0 Å². The van der Waals surface area contributed by atoms with Crippen molar-refractivity contribution >= 4 is 11.8 Å². The van der Waals surface area contributed by atoms with Gasteiger partial charge in [0.2, 0.25) is 0 Å². The molecular weight excluding hydrogens is 228 g/mol. The lowest BCUT2D eigenvalue weighted by molar-refractivity contribution is 0.0640. The van der Waals surface area contributed by atoms with Crippen molar-refractivity contribution in [3.63, 3.8) is 0 Å². The summed E-state index contributed by atoms with van der Waals surface area (Å²) in [4.78, 5) is 13.6. The van der Waals surface area contributed by atoms with E-state index in [0.717, 1.165) is 24.1 Å². The number of hydrogen-bond donors (Lipinski definition) is 1. The third-order valence-electron chi connectivity index (χ3n) is 3.27. The van der Waals surface area contributed by atoms with Crippen LogP contribution in [0.5, 0.6) is 0 Å². The lowest BCUT2D eigenvalue weighted by Crippen LogP contribution is -2.31. The number of benzene rings is 1. The SMILES string of the molecule is Cc1cccc(N2CC(C)(CCCN)OC2=O)c1. The van der Waals surface area contributed by atoms with Crippen molar-refractivity contribution in [1.82, 2.24) is 0 Å². The molecule has 0 radical (unpaired) electrons. The van der Waals surface area contributed by atoms with Crippen LogP contribution in [-0.2, 0) is 4.74 Å². The van der Waals surface area contributed by atoms with Crippen molar-refractivity contribution < 1.29 is 9.53 Å². The first-order valence-corrected chi connectivity index (χ1v) is 6.31. The average molecular weight is 248 g/mol. The maximum absolute atomic E-state index is 11.9. The molecule has 1 amide bonds. The summed E-state index contributed by atoms with van der Waals surface area (Å²) >= 11 is 0. The van der Waals surface area contributed by atoms with Gasteiger partial charge in [0.25, 0.3) is 0 Å². The number of anilines is 1. The Morgan fingerprint density at radius 2 is 2.28 bits per heavy atom. The fourth-order valence-corrected chi connectivity index (χ4v) is 2.30. The molecule has 4 nitrogen and oxygen atoms in total. The number of ether oxygens (including phenoxy) is 1. The highest BCUT2D eigenvalue weighted by Crippen LogP contribution is 2.31. The standard InChI is InChI=1S/C14H20N2O2/c1-11-5-3-6-12(9-11)16-10-14(2,7-4-8-15)18-13(16)17/h3,5-6,9H,4,7-8,10,15H2,1-2H3. The Balaban J connectivity index is 2.14. The van der Waals surface area contributed by atoms with Crippen LogP contribution in [0.4, 0.5) is 10.5 Å². The zero-order valence-corrected chi connectivity index (χ0v) is 11.0. The second-order valence-corrected chi connectivity index (χ2v) is 5.14. The number of carbonyl (C=O) groups excluding carboxylic acids is 1. The van der Waals surface area contributed by atoms with Gasteiger partial charge in [0.15, 0.2) is 0 Å². The summed E-state index contributed by atoms with van der Waals surface area (Å²) in [6, 6.07) is 7.89. The van der Waals surface area contributed by atoms with E-state index < -0.39 is 5.60 Å². The van der Waals surface area contributed by atoms with Gasteiger partial charge >= 0.3 is 6.09 Å². The van der Waals surface area contributed by atoms with Gasteiger partial charge in [-0.2, -0.15) is 0 Å². The Kier molecular flexibility index (Phi) is 3.57. The fourth-order valence-electron chi connectivity index (χ4n) is 2.30. The first-order valence-electron chi connectivity index (χ1n) is 6.31. The maximum atomic E-state index is 11.9. The molecule has 0 saturated carbocycles. The number of aryl methyl sites for hydroxylation is 1. The van der Waals surface area contributed by atoms with Crippen LogP contribution in [0.15, 0.2) is 24.3 Å². The van der Waals surface area contributed by atoms with Gasteiger partial charge in [0.1, 0.15) is 5.60 Å². The van der Waals surface area contributed by atoms with Crippen molar-refractivity contribution in [1.29, 1.82) is 0 Å². The predicted molar refractivity (Wildman–Crippen MR) is 71.7 cm³/mol. The number of hydrogen-bond acceptors (Lipinski definition) is 3. The van der Waals surface area contributed by atoms with Gasteiger partial charge in [0, 0.05) is 5.69 Å². The topological polar surface area (TPSA) is 55.6 Å². The molecule has 1 atom stereocenters. The van der Waals surface area contributed by atoms with Crippen LogP contribution < -0.4 is 10.6 Å². The molecule has 0 aliphatic carbocycles. The predicted octanol–water partition coefficient (Wildman–Crippen LogP) is 2.45. The smallest absolute Gasteiger partial charge is 0.415 e. The zero-order chi connectivity index (χ0) is 13.2. The maximum Gasteiger partial charge on any atom is 0.415 e. The summed E-state index contributed by atoms with van der Waals surface area (Å²) in [6.07, 6.45) is 1.41. The fraction of sp³-hybridized carbons (Fsp3) is 0.500. The molecule has 1 aromatic carbocycles. The Morgan fingerprint density at radius 1 is 1.50 bits per heavy atom. The number of rotatable bonds is 4. The molecule has 0 bridgehead atoms. The molecule has 2 N–H and O–H groups in total. The summed E-state index contributed by atoms with van der Waals surface area (Å²) in [5.74, 6) is 0. The third kappa shape index (κ3) is 2.64. The van der Waals surface area contributed by atoms with E-state index in [1.807, 2.05) is 38.1 Å². The van der Waals surface area contributed by atoms with Crippen molar-refractivity contribution in [3.8, 4) is 0 Å². The number of nitrogens with two attached hydrogens (primary N) is 1. The molecule has 1 aliphatic rings. The van der Waals surface area contributed by atoms with Crippen LogP contribution in [0.25, 0.3) is 0 Å². The third-order valence-corrected chi connectivity index (χ3v) is 3.27. The van der Waals surface area contributed by atoms with E-state index in [-0.39, 0.29) is 6.09 Å². The average Bonchev–Trinajstić information content (AvgIpc) is 2.63. The monoisotopic (exact) mass is 248 g/mol. The number of carbonyl (C=O) groups is 1. The van der Waals surface area contributed by atoms with Gasteiger partial charge in [-0.05, 0) is 50.9 Å². The molecular formula is C14H20N2O2. The summed E-state index contributed by atoms with van der Waals surface area (Å²) in [6.45, 7) is 5.20.